The van der Waals surface area contributed by atoms with Gasteiger partial charge in [0.1, 0.15) is 82.2 Å². The summed E-state index contributed by atoms with van der Waals surface area (Å²) in [5.74, 6) is -4.43. The maximum atomic E-state index is 14.0. The van der Waals surface area contributed by atoms with Crippen LogP contribution in [0.5, 0.6) is 0 Å². The second-order valence-corrected chi connectivity index (χ2v) is 27.2. The van der Waals surface area contributed by atoms with E-state index in [4.69, 9.17) is 30.4 Å². The molecule has 7 heterocycles. The number of carbonyl (C=O) groups excluding carboxylic acids is 6. The molecule has 1 saturated carbocycles. The van der Waals surface area contributed by atoms with Crippen molar-refractivity contribution in [3.63, 3.8) is 0 Å². The maximum Gasteiger partial charge on any atom is 0.323 e. The number of pyridine rings is 1. The molecule has 0 radical (unpaired) electrons. The Morgan fingerprint density at radius 1 is 0.747 bits per heavy atom. The molecule has 6 amide bonds. The van der Waals surface area contributed by atoms with Gasteiger partial charge in [-0.05, 0) is 62.6 Å². The number of hydrogen-bond acceptors (Lipinski definition) is 24. The van der Waals surface area contributed by atoms with Crippen molar-refractivity contribution in [1.29, 1.82) is 0 Å². The van der Waals surface area contributed by atoms with Crippen LogP contribution in [0.3, 0.4) is 0 Å². The quantitative estimate of drug-likeness (QED) is 0.0208. The molecule has 8 aromatic rings. The van der Waals surface area contributed by atoms with Crippen LogP contribution in [0.15, 0.2) is 64.0 Å². The van der Waals surface area contributed by atoms with E-state index in [-0.39, 0.29) is 73.2 Å². The molecule has 1 fully saturated rings. The molecule has 0 spiro atoms. The van der Waals surface area contributed by atoms with E-state index in [0.717, 1.165) is 0 Å². The number of carboxylic acids is 2. The fourth-order valence-corrected chi connectivity index (χ4v) is 15.3. The summed E-state index contributed by atoms with van der Waals surface area (Å²) in [5.41, 5.74) is 9.24. The smallest absolute Gasteiger partial charge is 0.323 e. The number of ether oxygens (including phenoxy) is 1. The highest BCUT2D eigenvalue weighted by molar-refractivity contribution is 7.15. The Labute approximate surface area is 545 Å². The van der Waals surface area contributed by atoms with Crippen LogP contribution >= 0.6 is 68.0 Å². The highest BCUT2D eigenvalue weighted by Crippen LogP contribution is 2.40. The number of hydrogen-bond donors (Lipinski definition) is 9. The van der Waals surface area contributed by atoms with Gasteiger partial charge in [-0.1, -0.05) is 44.2 Å². The van der Waals surface area contributed by atoms with Crippen molar-refractivity contribution in [2.75, 3.05) is 32.1 Å². The fraction of sp³-hybridized carbons (Fsp3) is 0.373. The third-order valence-corrected chi connectivity index (χ3v) is 20.3. The lowest BCUT2D eigenvalue weighted by molar-refractivity contribution is -0.143. The van der Waals surface area contributed by atoms with Gasteiger partial charge in [0.25, 0.3) is 11.8 Å². The lowest BCUT2D eigenvalue weighted by atomic mass is 9.86. The summed E-state index contributed by atoms with van der Waals surface area (Å²) < 4.78 is 5.44. The van der Waals surface area contributed by atoms with Gasteiger partial charge >= 0.3 is 18.0 Å². The summed E-state index contributed by atoms with van der Waals surface area (Å²) in [6.45, 7) is 5.00. The molecule has 1 aliphatic carbocycles. The molecule has 1 unspecified atom stereocenters. The van der Waals surface area contributed by atoms with Crippen LogP contribution in [0, 0.1) is 18.8 Å². The van der Waals surface area contributed by atoms with Gasteiger partial charge in [0, 0.05) is 71.5 Å². The van der Waals surface area contributed by atoms with E-state index in [1.165, 1.54) is 87.1 Å². The number of aromatic nitrogens is 7. The van der Waals surface area contributed by atoms with Crippen LogP contribution in [0.25, 0.3) is 43.4 Å². The summed E-state index contributed by atoms with van der Waals surface area (Å²) in [7, 11) is 2.97. The van der Waals surface area contributed by atoms with Crippen molar-refractivity contribution < 1.29 is 58.4 Å². The number of aryl methyl sites for hydroxylation is 1. The Kier molecular flexibility index (Phi) is 22.7. The number of nitrogens with one attached hydrogen (secondary N) is 5. The number of thiazole rings is 6. The Hall–Kier alpha value is -8.21. The number of rotatable bonds is 28. The van der Waals surface area contributed by atoms with Crippen molar-refractivity contribution in [2.45, 2.75) is 103 Å². The number of benzene rings is 1. The summed E-state index contributed by atoms with van der Waals surface area (Å²) in [4.78, 5) is 138. The summed E-state index contributed by atoms with van der Waals surface area (Å²) in [6, 6.07) is 8.93. The van der Waals surface area contributed by atoms with Crippen molar-refractivity contribution in [2.24, 2.45) is 17.6 Å². The van der Waals surface area contributed by atoms with Gasteiger partial charge in [-0.25, -0.2) is 39.7 Å². The molecule has 0 aliphatic heterocycles. The Morgan fingerprint density at radius 2 is 1.46 bits per heavy atom. The van der Waals surface area contributed by atoms with Crippen molar-refractivity contribution in [1.82, 2.24) is 61.5 Å². The third-order valence-electron chi connectivity index (χ3n) is 14.6. The van der Waals surface area contributed by atoms with E-state index in [2.05, 4.69) is 41.5 Å². The van der Waals surface area contributed by atoms with Gasteiger partial charge in [-0.2, -0.15) is 0 Å². The molecule has 7 aromatic heterocycles. The molecule has 9 rings (SSSR count). The van der Waals surface area contributed by atoms with Crippen molar-refractivity contribution in [3.8, 4) is 43.4 Å². The number of carboxylic acid groups (broad SMARTS) is 2. The number of urea groups is 1. The number of nitrogens with zero attached hydrogens (tertiary/aromatic N) is 8. The molecule has 0 bridgehead atoms. The second kappa shape index (κ2) is 30.7. The largest absolute Gasteiger partial charge is 0.481 e. The Morgan fingerprint density at radius 3 is 2.15 bits per heavy atom. The van der Waals surface area contributed by atoms with Crippen LogP contribution < -0.4 is 37.2 Å². The lowest BCUT2D eigenvalue weighted by Gasteiger charge is -2.29. The predicted octanol–water partition coefficient (Wildman–Crippen LogP) is 8.36. The number of anilines is 1. The van der Waals surface area contributed by atoms with E-state index in [0.29, 0.717) is 106 Å². The number of methoxy groups -OCH3 is 1. The standard InChI is InChI=1S/C59H64N14O12S6/c1-28(2)44(70-51(81)45-29(3)90-53(71-45)35(60)20-41(75)61-4)57-72-47(39(91-57)23-85-5)50(80)62-21-42(76)69-48(49(79)30-10-7-6-8-11-30)56-67-38(26-88-56)55-66-37(25-87-55)46-34(52-63-33(22-74)24-86-52)17-18-36(65-46)54-68-40(27-89-54)73(19-9-12-43(77)78)59(84)64-32-15-13-31(14-16-32)58(82)83/h6-8,10-11,17-18,22,24-28,31-32,35,44,48-49,79H,9,12-16,19-21,23,60H2,1-5H3,(H,61,75)(H,62,80)(H,64,84)(H,69,76)(H,70,81)(H,77,78)(H,82,83)/t31-,32-,35-,44?,48-,49-/m0/s1. The number of aliphatic carboxylic acids is 2. The van der Waals surface area contributed by atoms with Gasteiger partial charge in [0.2, 0.25) is 11.8 Å². The van der Waals surface area contributed by atoms with Crippen LogP contribution in [0.1, 0.15) is 145 Å². The minimum atomic E-state index is -1.31. The summed E-state index contributed by atoms with van der Waals surface area (Å²) in [5, 5.41) is 54.2. The van der Waals surface area contributed by atoms with E-state index in [9.17, 15) is 53.7 Å². The molecule has 10 N–H and O–H groups in total. The van der Waals surface area contributed by atoms with Crippen molar-refractivity contribution >= 4 is 122 Å². The summed E-state index contributed by atoms with van der Waals surface area (Å²) >= 11 is 7.26. The first-order valence-electron chi connectivity index (χ1n) is 28.6. The highest BCUT2D eigenvalue weighted by atomic mass is 32.1. The molecule has 26 nitrogen and oxygen atoms in total. The molecule has 1 aliphatic rings. The zero-order valence-electron chi connectivity index (χ0n) is 49.7. The first-order chi connectivity index (χ1) is 43.7. The van der Waals surface area contributed by atoms with E-state index in [1.54, 1.807) is 70.9 Å². The molecule has 1 aromatic carbocycles. The van der Waals surface area contributed by atoms with Crippen LogP contribution in [0.4, 0.5) is 10.6 Å². The number of aliphatic hydroxyl groups excluding tert-OH is 1. The SMILES string of the molecule is CNC(=O)C[C@H](N)c1nc(C(=O)NC(c2nc(C(=O)NCC(=O)N[C@H](c3nc(-c4nc(-c5nc(-c6nc(N(CCCC(=O)O)C(=O)N[C@H]7CC[C@H](C(=O)O)CC7)cs6)ccc5-c5nc(C=O)cs5)cs4)cs3)[C@@H](O)c3ccccc3)c(COC)s2)C(C)C)c(C)s1. The number of aldehydes is 1. The number of carbonyl (C=O) groups is 8. The Bertz CT molecular complexity index is 3930. The number of nitrogens with two attached hydrogens (primary N) is 1. The minimum Gasteiger partial charge on any atom is -0.481 e. The molecule has 91 heavy (non-hydrogen) atoms. The minimum absolute atomic E-state index is 0.00270. The zero-order chi connectivity index (χ0) is 65.0. The third kappa shape index (κ3) is 16.7. The van der Waals surface area contributed by atoms with E-state index >= 15 is 0 Å². The topological polar surface area (TPSA) is 386 Å². The van der Waals surface area contributed by atoms with E-state index in [1.807, 2.05) is 13.8 Å². The highest BCUT2D eigenvalue weighted by Gasteiger charge is 2.33. The Balaban J connectivity index is 0.930. The second-order valence-electron chi connectivity index (χ2n) is 21.4. The van der Waals surface area contributed by atoms with Crippen LogP contribution in [-0.2, 0) is 30.5 Å². The maximum absolute atomic E-state index is 14.0. The fourth-order valence-electron chi connectivity index (χ4n) is 9.79. The molecule has 32 heteroatoms. The molecule has 478 valence electrons. The predicted molar refractivity (Wildman–Crippen MR) is 345 cm³/mol. The van der Waals surface area contributed by atoms with Gasteiger partial charge < -0.3 is 52.4 Å². The molecular formula is C59H64N14O12S6. The first-order valence-corrected chi connectivity index (χ1v) is 33.7. The monoisotopic (exact) mass is 1350 g/mol. The van der Waals surface area contributed by atoms with Gasteiger partial charge in [-0.3, -0.25) is 38.5 Å². The van der Waals surface area contributed by atoms with Gasteiger partial charge in [-0.15, -0.1) is 68.0 Å². The average Bonchev–Trinajstić information content (AvgIpc) is 1.72. The van der Waals surface area contributed by atoms with E-state index < -0.39 is 72.4 Å². The van der Waals surface area contributed by atoms with Crippen molar-refractivity contribution in [3.05, 3.63) is 111 Å². The lowest BCUT2D eigenvalue weighted by Crippen LogP contribution is -2.47. The number of amides is 6. The van der Waals surface area contributed by atoms with Gasteiger partial charge in [0.15, 0.2) is 6.29 Å². The normalized spacial score (nSPS) is 15.3. The average molecular weight is 1350 g/mol. The molecular weight excluding hydrogens is 1290 g/mol. The summed E-state index contributed by atoms with van der Waals surface area (Å²) in [6.07, 6.45) is 1.06. The molecule has 4 atom stereocenters. The zero-order valence-corrected chi connectivity index (χ0v) is 54.6. The van der Waals surface area contributed by atoms with Crippen LogP contribution in [0.2, 0.25) is 0 Å². The molecule has 0 saturated heterocycles. The van der Waals surface area contributed by atoms with Crippen LogP contribution in [-0.4, -0.2) is 131 Å². The number of aliphatic hydroxyl groups is 1. The first kappa shape index (κ1) is 67.2. The van der Waals surface area contributed by atoms with Gasteiger partial charge in [0.05, 0.1) is 41.7 Å².